The van der Waals surface area contributed by atoms with Crippen LogP contribution in [0.1, 0.15) is 38.9 Å². The Labute approximate surface area is 143 Å². The molecule has 130 valence electrons. The van der Waals surface area contributed by atoms with E-state index in [1.54, 1.807) is 11.8 Å². The lowest BCUT2D eigenvalue weighted by molar-refractivity contribution is 0.477. The van der Waals surface area contributed by atoms with E-state index in [9.17, 15) is 0 Å². The maximum atomic E-state index is 4.36. The number of aromatic nitrogens is 3. The molecule has 6 nitrogen and oxygen atoms in total. The molecular formula is C16H30N6S. The SMILES string of the molecule is CN=C(NCCCc1nnc(SC)n1CC(C)C)NCC1CC1. The maximum absolute atomic E-state index is 4.36. The normalized spacial score (nSPS) is 15.3. The van der Waals surface area contributed by atoms with E-state index in [1.807, 2.05) is 7.05 Å². The minimum absolute atomic E-state index is 0.597. The van der Waals surface area contributed by atoms with Crippen LogP contribution in [0.15, 0.2) is 10.1 Å². The molecule has 7 heteroatoms. The number of thioether (sulfide) groups is 1. The van der Waals surface area contributed by atoms with Crippen molar-refractivity contribution in [1.29, 1.82) is 0 Å². The number of aryl methyl sites for hydroxylation is 1. The van der Waals surface area contributed by atoms with Gasteiger partial charge >= 0.3 is 0 Å². The first kappa shape index (κ1) is 18.1. The van der Waals surface area contributed by atoms with Crippen molar-refractivity contribution in [2.45, 2.75) is 51.2 Å². The molecule has 2 rings (SSSR count). The third-order valence-corrected chi connectivity index (χ3v) is 4.54. The van der Waals surface area contributed by atoms with E-state index < -0.39 is 0 Å². The molecule has 1 saturated carbocycles. The van der Waals surface area contributed by atoms with Gasteiger partial charge in [0.2, 0.25) is 0 Å². The predicted molar refractivity (Wildman–Crippen MR) is 97.1 cm³/mol. The molecule has 0 spiro atoms. The van der Waals surface area contributed by atoms with Crippen molar-refractivity contribution in [3.63, 3.8) is 0 Å². The minimum Gasteiger partial charge on any atom is -0.356 e. The lowest BCUT2D eigenvalue weighted by Gasteiger charge is -2.13. The van der Waals surface area contributed by atoms with Gasteiger partial charge in [-0.2, -0.15) is 0 Å². The number of nitrogens with zero attached hydrogens (tertiary/aromatic N) is 4. The summed E-state index contributed by atoms with van der Waals surface area (Å²) in [6.07, 6.45) is 6.73. The fourth-order valence-electron chi connectivity index (χ4n) is 2.44. The van der Waals surface area contributed by atoms with Gasteiger partial charge in [0.15, 0.2) is 11.1 Å². The molecule has 23 heavy (non-hydrogen) atoms. The van der Waals surface area contributed by atoms with Gasteiger partial charge in [0, 0.05) is 33.1 Å². The number of rotatable bonds is 9. The van der Waals surface area contributed by atoms with Crippen LogP contribution in [0.3, 0.4) is 0 Å². The number of nitrogens with one attached hydrogen (secondary N) is 2. The predicted octanol–water partition coefficient (Wildman–Crippen LogP) is 2.16. The fourth-order valence-corrected chi connectivity index (χ4v) is 2.96. The van der Waals surface area contributed by atoms with Crippen LogP contribution in [0.5, 0.6) is 0 Å². The Morgan fingerprint density at radius 1 is 1.35 bits per heavy atom. The summed E-state index contributed by atoms with van der Waals surface area (Å²) in [7, 11) is 1.83. The third kappa shape index (κ3) is 6.05. The zero-order chi connectivity index (χ0) is 16.7. The Morgan fingerprint density at radius 3 is 2.74 bits per heavy atom. The largest absolute Gasteiger partial charge is 0.356 e. The van der Waals surface area contributed by atoms with Crippen molar-refractivity contribution in [3.05, 3.63) is 5.82 Å². The molecule has 1 heterocycles. The zero-order valence-electron chi connectivity index (χ0n) is 14.8. The lowest BCUT2D eigenvalue weighted by Crippen LogP contribution is -2.38. The van der Waals surface area contributed by atoms with Crippen molar-refractivity contribution in [2.75, 3.05) is 26.4 Å². The molecule has 1 fully saturated rings. The summed E-state index contributed by atoms with van der Waals surface area (Å²) in [5.41, 5.74) is 0. The second-order valence-corrected chi connectivity index (χ2v) is 7.31. The van der Waals surface area contributed by atoms with Gasteiger partial charge in [-0.25, -0.2) is 0 Å². The molecule has 1 aliphatic carbocycles. The van der Waals surface area contributed by atoms with Gasteiger partial charge in [-0.1, -0.05) is 25.6 Å². The first-order chi connectivity index (χ1) is 11.1. The van der Waals surface area contributed by atoms with E-state index in [2.05, 4.69) is 50.5 Å². The van der Waals surface area contributed by atoms with Crippen LogP contribution in [0.25, 0.3) is 0 Å². The number of hydrogen-bond acceptors (Lipinski definition) is 4. The van der Waals surface area contributed by atoms with Gasteiger partial charge in [0.25, 0.3) is 0 Å². The Hall–Kier alpha value is -1.24. The topological polar surface area (TPSA) is 67.1 Å². The van der Waals surface area contributed by atoms with Crippen molar-refractivity contribution in [3.8, 4) is 0 Å². The highest BCUT2D eigenvalue weighted by Gasteiger charge is 2.21. The van der Waals surface area contributed by atoms with Crippen LogP contribution >= 0.6 is 11.8 Å². The summed E-state index contributed by atoms with van der Waals surface area (Å²) < 4.78 is 2.26. The Morgan fingerprint density at radius 2 is 2.13 bits per heavy atom. The molecule has 0 amide bonds. The standard InChI is InChI=1S/C16H30N6S/c1-12(2)11-22-14(20-21-16(22)23-4)6-5-9-18-15(17-3)19-10-13-7-8-13/h12-13H,5-11H2,1-4H3,(H2,17,18,19). The second kappa shape index (κ2) is 9.15. The lowest BCUT2D eigenvalue weighted by atomic mass is 10.2. The van der Waals surface area contributed by atoms with Crippen molar-refractivity contribution in [1.82, 2.24) is 25.4 Å². The van der Waals surface area contributed by atoms with E-state index in [1.165, 1.54) is 12.8 Å². The summed E-state index contributed by atoms with van der Waals surface area (Å²) >= 11 is 1.67. The van der Waals surface area contributed by atoms with Crippen LogP contribution in [-0.2, 0) is 13.0 Å². The van der Waals surface area contributed by atoms with E-state index in [0.717, 1.165) is 55.3 Å². The van der Waals surface area contributed by atoms with Gasteiger partial charge in [-0.3, -0.25) is 4.99 Å². The highest BCUT2D eigenvalue weighted by atomic mass is 32.2. The molecule has 0 radical (unpaired) electrons. The average Bonchev–Trinajstić information content (AvgIpc) is 3.28. The molecule has 0 saturated heterocycles. The molecule has 0 aliphatic heterocycles. The number of aliphatic imine (C=N–C) groups is 1. The van der Waals surface area contributed by atoms with E-state index in [0.29, 0.717) is 5.92 Å². The summed E-state index contributed by atoms with van der Waals surface area (Å²) in [4.78, 5) is 4.26. The van der Waals surface area contributed by atoms with Crippen molar-refractivity contribution >= 4 is 17.7 Å². The molecular weight excluding hydrogens is 308 g/mol. The highest BCUT2D eigenvalue weighted by molar-refractivity contribution is 7.98. The smallest absolute Gasteiger partial charge is 0.190 e. The van der Waals surface area contributed by atoms with Crippen molar-refractivity contribution in [2.24, 2.45) is 16.8 Å². The first-order valence-electron chi connectivity index (χ1n) is 8.54. The number of hydrogen-bond donors (Lipinski definition) is 2. The zero-order valence-corrected chi connectivity index (χ0v) is 15.6. The van der Waals surface area contributed by atoms with Crippen molar-refractivity contribution < 1.29 is 0 Å². The summed E-state index contributed by atoms with van der Waals surface area (Å²) in [5.74, 6) is 3.45. The third-order valence-electron chi connectivity index (χ3n) is 3.87. The molecule has 1 aromatic rings. The molecule has 0 aromatic carbocycles. The summed E-state index contributed by atoms with van der Waals surface area (Å²) in [6.45, 7) is 7.37. The first-order valence-corrected chi connectivity index (χ1v) is 9.77. The van der Waals surface area contributed by atoms with Crippen LogP contribution in [0.2, 0.25) is 0 Å². The van der Waals surface area contributed by atoms with Gasteiger partial charge < -0.3 is 15.2 Å². The maximum Gasteiger partial charge on any atom is 0.190 e. The van der Waals surface area contributed by atoms with E-state index in [4.69, 9.17) is 0 Å². The summed E-state index contributed by atoms with van der Waals surface area (Å²) in [5, 5.41) is 16.4. The minimum atomic E-state index is 0.597. The Bertz CT molecular complexity index is 507. The highest BCUT2D eigenvalue weighted by Crippen LogP contribution is 2.27. The molecule has 2 N–H and O–H groups in total. The van der Waals surface area contributed by atoms with Gasteiger partial charge in [-0.15, -0.1) is 10.2 Å². The average molecular weight is 339 g/mol. The van der Waals surface area contributed by atoms with Crippen LogP contribution in [-0.4, -0.2) is 47.1 Å². The molecule has 1 aromatic heterocycles. The Kier molecular flexibility index (Phi) is 7.20. The fraction of sp³-hybridized carbons (Fsp3) is 0.812. The van der Waals surface area contributed by atoms with E-state index in [-0.39, 0.29) is 0 Å². The molecule has 0 atom stereocenters. The second-order valence-electron chi connectivity index (χ2n) is 6.53. The van der Waals surface area contributed by atoms with Gasteiger partial charge in [-0.05, 0) is 37.4 Å². The van der Waals surface area contributed by atoms with Gasteiger partial charge in [0.1, 0.15) is 5.82 Å². The molecule has 0 bridgehead atoms. The Balaban J connectivity index is 1.75. The van der Waals surface area contributed by atoms with Crippen LogP contribution < -0.4 is 10.6 Å². The molecule has 0 unspecified atom stereocenters. The summed E-state index contributed by atoms with van der Waals surface area (Å²) in [6, 6.07) is 0. The van der Waals surface area contributed by atoms with E-state index >= 15 is 0 Å². The monoisotopic (exact) mass is 338 g/mol. The molecule has 1 aliphatic rings. The quantitative estimate of drug-likeness (QED) is 0.313. The number of guanidine groups is 1. The van der Waals surface area contributed by atoms with Gasteiger partial charge in [0.05, 0.1) is 0 Å². The van der Waals surface area contributed by atoms with Crippen LogP contribution in [0.4, 0.5) is 0 Å². The van der Waals surface area contributed by atoms with Crippen LogP contribution in [0, 0.1) is 11.8 Å².